The lowest BCUT2D eigenvalue weighted by Gasteiger charge is -2.31. The van der Waals surface area contributed by atoms with Crippen molar-refractivity contribution in [1.29, 1.82) is 0 Å². The Morgan fingerprint density at radius 2 is 2.12 bits per heavy atom. The highest BCUT2D eigenvalue weighted by Gasteiger charge is 2.21. The number of carbonyl (C=O) groups excluding carboxylic acids is 1. The molecule has 1 aliphatic rings. The van der Waals surface area contributed by atoms with Crippen LogP contribution in [0.2, 0.25) is 0 Å². The Labute approximate surface area is 144 Å². The number of aromatic nitrogens is 1. The number of piperidine rings is 1. The summed E-state index contributed by atoms with van der Waals surface area (Å²) < 4.78 is 5.32. The van der Waals surface area contributed by atoms with Gasteiger partial charge in [0.2, 0.25) is 5.78 Å². The van der Waals surface area contributed by atoms with Crippen molar-refractivity contribution in [2.75, 3.05) is 39.5 Å². The maximum atomic E-state index is 12.1. The number of allylic oxidation sites excluding steroid dienone is 1. The highest BCUT2D eigenvalue weighted by atomic mass is 16.5. The smallest absolute Gasteiger partial charge is 0.206 e. The maximum absolute atomic E-state index is 12.1. The Kier molecular flexibility index (Phi) is 7.56. The zero-order chi connectivity index (χ0) is 17.4. The van der Waals surface area contributed by atoms with Crippen LogP contribution in [0.3, 0.4) is 0 Å². The summed E-state index contributed by atoms with van der Waals surface area (Å²) in [6, 6.07) is 3.86. The summed E-state index contributed by atoms with van der Waals surface area (Å²) >= 11 is 0. The molecule has 1 N–H and O–H groups in total. The molecule has 1 saturated heterocycles. The van der Waals surface area contributed by atoms with E-state index in [1.165, 1.54) is 5.56 Å². The SMILES string of the molecule is C=C(CC)C(=O)c1ccc(C2CCN(CCOCCO)CC2)cn1. The third-order valence-corrected chi connectivity index (χ3v) is 4.61. The van der Waals surface area contributed by atoms with Gasteiger partial charge in [-0.1, -0.05) is 19.6 Å². The molecular weight excluding hydrogens is 304 g/mol. The summed E-state index contributed by atoms with van der Waals surface area (Å²) in [5.41, 5.74) is 2.31. The first-order valence-corrected chi connectivity index (χ1v) is 8.75. The lowest BCUT2D eigenvalue weighted by molar-refractivity contribution is 0.0679. The Morgan fingerprint density at radius 1 is 1.38 bits per heavy atom. The topological polar surface area (TPSA) is 62.7 Å². The van der Waals surface area contributed by atoms with Crippen molar-refractivity contribution in [3.63, 3.8) is 0 Å². The number of pyridine rings is 1. The molecule has 0 aromatic carbocycles. The van der Waals surface area contributed by atoms with Crippen molar-refractivity contribution in [3.05, 3.63) is 41.7 Å². The average Bonchev–Trinajstić information content (AvgIpc) is 2.64. The van der Waals surface area contributed by atoms with Crippen LogP contribution in [0.5, 0.6) is 0 Å². The molecule has 132 valence electrons. The molecule has 2 rings (SSSR count). The molecule has 0 amide bonds. The first kappa shape index (κ1) is 18.8. The van der Waals surface area contributed by atoms with Crippen LogP contribution in [-0.4, -0.2) is 60.2 Å². The monoisotopic (exact) mass is 332 g/mol. The van der Waals surface area contributed by atoms with Gasteiger partial charge >= 0.3 is 0 Å². The number of aliphatic hydroxyl groups excluding tert-OH is 1. The average molecular weight is 332 g/mol. The van der Waals surface area contributed by atoms with E-state index >= 15 is 0 Å². The molecule has 0 bridgehead atoms. The van der Waals surface area contributed by atoms with Crippen molar-refractivity contribution < 1.29 is 14.6 Å². The fourth-order valence-electron chi connectivity index (χ4n) is 2.97. The minimum absolute atomic E-state index is 0.0539. The first-order chi connectivity index (χ1) is 11.7. The molecule has 0 spiro atoms. The zero-order valence-corrected chi connectivity index (χ0v) is 14.5. The molecule has 5 heteroatoms. The maximum Gasteiger partial charge on any atom is 0.206 e. The lowest BCUT2D eigenvalue weighted by Crippen LogP contribution is -2.35. The minimum atomic E-state index is -0.0539. The Bertz CT molecular complexity index is 534. The summed E-state index contributed by atoms with van der Waals surface area (Å²) in [6.45, 7) is 9.88. The van der Waals surface area contributed by atoms with Gasteiger partial charge in [-0.15, -0.1) is 0 Å². The lowest BCUT2D eigenvalue weighted by atomic mass is 9.90. The van der Waals surface area contributed by atoms with Crippen LogP contribution in [-0.2, 0) is 4.74 Å². The third kappa shape index (κ3) is 5.23. The van der Waals surface area contributed by atoms with Gasteiger partial charge < -0.3 is 14.7 Å². The minimum Gasteiger partial charge on any atom is -0.394 e. The molecule has 2 heterocycles. The summed E-state index contributed by atoms with van der Waals surface area (Å²) in [6.07, 6.45) is 4.69. The number of ketones is 1. The van der Waals surface area contributed by atoms with Crippen molar-refractivity contribution in [1.82, 2.24) is 9.88 Å². The number of rotatable bonds is 9. The fraction of sp³-hybridized carbons (Fsp3) is 0.579. The highest BCUT2D eigenvalue weighted by Crippen LogP contribution is 2.27. The normalized spacial score (nSPS) is 16.2. The predicted octanol–water partition coefficient (Wildman–Crippen LogP) is 2.42. The molecule has 0 unspecified atom stereocenters. The third-order valence-electron chi connectivity index (χ3n) is 4.61. The van der Waals surface area contributed by atoms with Crippen molar-refractivity contribution in [3.8, 4) is 0 Å². The Balaban J connectivity index is 1.81. The molecule has 5 nitrogen and oxygen atoms in total. The largest absolute Gasteiger partial charge is 0.394 e. The van der Waals surface area contributed by atoms with E-state index < -0.39 is 0 Å². The van der Waals surface area contributed by atoms with Gasteiger partial charge in [0.15, 0.2) is 0 Å². The number of Topliss-reactive ketones (excluding diaryl/α,β-unsaturated/α-hetero) is 1. The van der Waals surface area contributed by atoms with E-state index in [1.54, 1.807) is 0 Å². The van der Waals surface area contributed by atoms with E-state index in [-0.39, 0.29) is 12.4 Å². The van der Waals surface area contributed by atoms with E-state index in [0.29, 0.717) is 36.8 Å². The van der Waals surface area contributed by atoms with E-state index in [1.807, 2.05) is 25.3 Å². The van der Waals surface area contributed by atoms with Crippen LogP contribution in [0.1, 0.15) is 48.2 Å². The number of nitrogens with zero attached hydrogens (tertiary/aromatic N) is 2. The molecule has 1 aliphatic heterocycles. The number of carbonyl (C=O) groups is 1. The van der Waals surface area contributed by atoms with Gasteiger partial charge in [-0.2, -0.15) is 0 Å². The number of hydrogen-bond acceptors (Lipinski definition) is 5. The molecule has 1 aromatic rings. The van der Waals surface area contributed by atoms with E-state index in [9.17, 15) is 4.79 Å². The molecule has 1 aromatic heterocycles. The fourth-order valence-corrected chi connectivity index (χ4v) is 2.97. The van der Waals surface area contributed by atoms with E-state index in [2.05, 4.69) is 16.5 Å². The van der Waals surface area contributed by atoms with Gasteiger partial charge in [0.25, 0.3) is 0 Å². The van der Waals surface area contributed by atoms with Gasteiger partial charge in [0.05, 0.1) is 19.8 Å². The van der Waals surface area contributed by atoms with Crippen LogP contribution < -0.4 is 0 Å². The van der Waals surface area contributed by atoms with Crippen LogP contribution >= 0.6 is 0 Å². The van der Waals surface area contributed by atoms with Gasteiger partial charge in [0.1, 0.15) is 5.69 Å². The van der Waals surface area contributed by atoms with Crippen molar-refractivity contribution in [2.24, 2.45) is 0 Å². The van der Waals surface area contributed by atoms with Crippen molar-refractivity contribution in [2.45, 2.75) is 32.1 Å². The second kappa shape index (κ2) is 9.67. The molecule has 0 aliphatic carbocycles. The zero-order valence-electron chi connectivity index (χ0n) is 14.5. The quantitative estimate of drug-likeness (QED) is 0.427. The van der Waals surface area contributed by atoms with Crippen LogP contribution in [0.15, 0.2) is 30.5 Å². The van der Waals surface area contributed by atoms with Crippen LogP contribution in [0.25, 0.3) is 0 Å². The van der Waals surface area contributed by atoms with E-state index in [4.69, 9.17) is 9.84 Å². The predicted molar refractivity (Wildman–Crippen MR) is 94.3 cm³/mol. The van der Waals surface area contributed by atoms with Crippen LogP contribution in [0.4, 0.5) is 0 Å². The Hall–Kier alpha value is -1.56. The van der Waals surface area contributed by atoms with Crippen molar-refractivity contribution >= 4 is 5.78 Å². The second-order valence-electron chi connectivity index (χ2n) is 6.21. The van der Waals surface area contributed by atoms with Gasteiger partial charge in [-0.05, 0) is 55.5 Å². The number of ether oxygens (including phenoxy) is 1. The molecule has 0 saturated carbocycles. The Morgan fingerprint density at radius 3 is 2.71 bits per heavy atom. The molecule has 0 radical (unpaired) electrons. The summed E-state index contributed by atoms with van der Waals surface area (Å²) in [5.74, 6) is 0.451. The number of likely N-dealkylation sites (tertiary alicyclic amines) is 1. The highest BCUT2D eigenvalue weighted by molar-refractivity contribution is 6.06. The second-order valence-corrected chi connectivity index (χ2v) is 6.21. The first-order valence-electron chi connectivity index (χ1n) is 8.75. The molecular formula is C19H28N2O3. The molecule has 24 heavy (non-hydrogen) atoms. The summed E-state index contributed by atoms with van der Waals surface area (Å²) in [5, 5.41) is 8.69. The summed E-state index contributed by atoms with van der Waals surface area (Å²) in [4.78, 5) is 18.8. The standard InChI is InChI=1S/C19H28N2O3/c1-3-15(2)19(23)18-5-4-17(14-20-18)16-6-8-21(9-7-16)10-12-24-13-11-22/h4-5,14,16,22H,2-3,6-13H2,1H3. The molecule has 0 atom stereocenters. The molecule has 1 fully saturated rings. The van der Waals surface area contributed by atoms with Crippen LogP contribution in [0, 0.1) is 0 Å². The van der Waals surface area contributed by atoms with Gasteiger partial charge in [0, 0.05) is 12.7 Å². The van der Waals surface area contributed by atoms with Gasteiger partial charge in [-0.25, -0.2) is 0 Å². The number of hydrogen-bond donors (Lipinski definition) is 1. The summed E-state index contributed by atoms with van der Waals surface area (Å²) in [7, 11) is 0. The van der Waals surface area contributed by atoms with E-state index in [0.717, 1.165) is 32.5 Å². The number of aliphatic hydroxyl groups is 1. The van der Waals surface area contributed by atoms with Gasteiger partial charge in [-0.3, -0.25) is 9.78 Å².